The molecule has 0 atom stereocenters. The molecule has 20 heavy (non-hydrogen) atoms. The number of amides is 1. The Kier molecular flexibility index (Phi) is 5.30. The molecule has 0 aliphatic heterocycles. The van der Waals surface area contributed by atoms with Gasteiger partial charge in [-0.2, -0.15) is 0 Å². The highest BCUT2D eigenvalue weighted by atomic mass is 32.1. The summed E-state index contributed by atoms with van der Waals surface area (Å²) in [6, 6.07) is 7.62. The van der Waals surface area contributed by atoms with E-state index in [9.17, 15) is 4.79 Å². The quantitative estimate of drug-likeness (QED) is 0.832. The Balaban J connectivity index is 1.83. The van der Waals surface area contributed by atoms with Crippen LogP contribution in [-0.4, -0.2) is 17.4 Å². The molecule has 0 bridgehead atoms. The zero-order chi connectivity index (χ0) is 14.2. The number of carbonyl (C=O) groups is 1. The molecule has 0 fully saturated rings. The molecule has 3 N–H and O–H groups in total. The lowest BCUT2D eigenvalue weighted by Gasteiger charge is -2.03. The second kappa shape index (κ2) is 7.43. The first kappa shape index (κ1) is 14.3. The van der Waals surface area contributed by atoms with E-state index in [-0.39, 0.29) is 5.91 Å². The van der Waals surface area contributed by atoms with E-state index in [1.54, 1.807) is 23.7 Å². The summed E-state index contributed by atoms with van der Waals surface area (Å²) in [5.74, 6) is 5.77. The highest BCUT2D eigenvalue weighted by Gasteiger charge is 2.04. The van der Waals surface area contributed by atoms with E-state index in [1.807, 2.05) is 24.3 Å². The molecule has 0 aliphatic rings. The van der Waals surface area contributed by atoms with E-state index in [2.05, 4.69) is 22.1 Å². The van der Waals surface area contributed by atoms with E-state index in [0.29, 0.717) is 19.5 Å². The van der Waals surface area contributed by atoms with E-state index in [1.165, 1.54) is 0 Å². The maximum absolute atomic E-state index is 11.8. The molecule has 2 heterocycles. The summed E-state index contributed by atoms with van der Waals surface area (Å²) in [7, 11) is 0. The topological polar surface area (TPSA) is 68.0 Å². The van der Waals surface area contributed by atoms with Crippen molar-refractivity contribution in [2.75, 3.05) is 6.54 Å². The molecule has 0 saturated carbocycles. The molecule has 0 spiro atoms. The van der Waals surface area contributed by atoms with Crippen molar-refractivity contribution in [3.05, 3.63) is 52.0 Å². The van der Waals surface area contributed by atoms with Gasteiger partial charge in [0.15, 0.2) is 0 Å². The Morgan fingerprint density at radius 1 is 1.40 bits per heavy atom. The molecule has 2 aromatic heterocycles. The standard InChI is InChI=1S/C15H15N3OS/c16-7-1-4-13-5-6-14(20-13)11-18-15(19)9-12-3-2-8-17-10-12/h2-3,5-6,8,10H,7,9,11,16H2,(H,18,19). The van der Waals surface area contributed by atoms with Gasteiger partial charge in [-0.1, -0.05) is 17.9 Å². The zero-order valence-corrected chi connectivity index (χ0v) is 11.7. The Morgan fingerprint density at radius 2 is 2.30 bits per heavy atom. The van der Waals surface area contributed by atoms with Crippen LogP contribution in [0.15, 0.2) is 36.7 Å². The lowest BCUT2D eigenvalue weighted by Crippen LogP contribution is -2.24. The molecule has 0 radical (unpaired) electrons. The minimum absolute atomic E-state index is 0.0130. The summed E-state index contributed by atoms with van der Waals surface area (Å²) in [5.41, 5.74) is 6.23. The molecule has 2 rings (SSSR count). The third-order valence-electron chi connectivity index (χ3n) is 2.52. The van der Waals surface area contributed by atoms with Crippen LogP contribution in [0.25, 0.3) is 0 Å². The number of hydrogen-bond donors (Lipinski definition) is 2. The first-order valence-corrected chi connectivity index (χ1v) is 7.03. The maximum Gasteiger partial charge on any atom is 0.224 e. The molecule has 4 nitrogen and oxygen atoms in total. The third kappa shape index (κ3) is 4.50. The molecule has 0 unspecified atom stereocenters. The van der Waals surface area contributed by atoms with Crippen molar-refractivity contribution in [1.82, 2.24) is 10.3 Å². The molecule has 2 aromatic rings. The van der Waals surface area contributed by atoms with Crippen LogP contribution in [0.4, 0.5) is 0 Å². The molecule has 0 aromatic carbocycles. The van der Waals surface area contributed by atoms with Crippen LogP contribution in [0.5, 0.6) is 0 Å². The number of hydrogen-bond acceptors (Lipinski definition) is 4. The van der Waals surface area contributed by atoms with Crippen molar-refractivity contribution < 1.29 is 4.79 Å². The van der Waals surface area contributed by atoms with Gasteiger partial charge in [-0.15, -0.1) is 11.3 Å². The first-order valence-electron chi connectivity index (χ1n) is 6.21. The van der Waals surface area contributed by atoms with Gasteiger partial charge in [0.05, 0.1) is 24.4 Å². The highest BCUT2D eigenvalue weighted by molar-refractivity contribution is 7.12. The molecule has 0 saturated heterocycles. The number of nitrogens with two attached hydrogens (primary N) is 1. The van der Waals surface area contributed by atoms with Gasteiger partial charge in [0.25, 0.3) is 0 Å². The van der Waals surface area contributed by atoms with E-state index >= 15 is 0 Å². The van der Waals surface area contributed by atoms with Crippen molar-refractivity contribution in [3.63, 3.8) is 0 Å². The Bertz CT molecular complexity index is 625. The lowest BCUT2D eigenvalue weighted by atomic mass is 10.2. The molecular weight excluding hydrogens is 270 g/mol. The average molecular weight is 285 g/mol. The summed E-state index contributed by atoms with van der Waals surface area (Å²) in [4.78, 5) is 17.8. The van der Waals surface area contributed by atoms with E-state index < -0.39 is 0 Å². The normalized spacial score (nSPS) is 9.65. The second-order valence-electron chi connectivity index (χ2n) is 4.09. The minimum Gasteiger partial charge on any atom is -0.351 e. The molecule has 0 aliphatic carbocycles. The predicted molar refractivity (Wildman–Crippen MR) is 80.0 cm³/mol. The van der Waals surface area contributed by atoms with Crippen LogP contribution in [0.3, 0.4) is 0 Å². The van der Waals surface area contributed by atoms with Crippen molar-refractivity contribution in [3.8, 4) is 11.8 Å². The highest BCUT2D eigenvalue weighted by Crippen LogP contribution is 2.15. The number of carbonyl (C=O) groups excluding carboxylic acids is 1. The van der Waals surface area contributed by atoms with Gasteiger partial charge in [-0.05, 0) is 23.8 Å². The predicted octanol–water partition coefficient (Wildman–Crippen LogP) is 1.31. The number of aromatic nitrogens is 1. The Labute approximate surface area is 122 Å². The molecule has 5 heteroatoms. The summed E-state index contributed by atoms with van der Waals surface area (Å²) in [5, 5.41) is 2.89. The van der Waals surface area contributed by atoms with Crippen LogP contribution >= 0.6 is 11.3 Å². The summed E-state index contributed by atoms with van der Waals surface area (Å²) in [6.07, 6.45) is 3.74. The minimum atomic E-state index is -0.0130. The van der Waals surface area contributed by atoms with Crippen LogP contribution in [0, 0.1) is 11.8 Å². The Morgan fingerprint density at radius 3 is 3.05 bits per heavy atom. The van der Waals surface area contributed by atoms with Crippen LogP contribution in [0.2, 0.25) is 0 Å². The third-order valence-corrected chi connectivity index (χ3v) is 3.52. The van der Waals surface area contributed by atoms with Crippen molar-refractivity contribution >= 4 is 17.2 Å². The fourth-order valence-electron chi connectivity index (χ4n) is 1.61. The van der Waals surface area contributed by atoms with Gasteiger partial charge < -0.3 is 11.1 Å². The monoisotopic (exact) mass is 285 g/mol. The SMILES string of the molecule is NCC#Cc1ccc(CNC(=O)Cc2cccnc2)s1. The number of nitrogens with zero attached hydrogens (tertiary/aromatic N) is 1. The fourth-order valence-corrected chi connectivity index (χ4v) is 2.44. The molecule has 102 valence electrons. The first-order chi connectivity index (χ1) is 9.78. The van der Waals surface area contributed by atoms with Crippen LogP contribution in [-0.2, 0) is 17.8 Å². The smallest absolute Gasteiger partial charge is 0.224 e. The van der Waals surface area contributed by atoms with Crippen molar-refractivity contribution in [2.24, 2.45) is 5.73 Å². The number of pyridine rings is 1. The second-order valence-corrected chi connectivity index (χ2v) is 5.25. The molecular formula is C15H15N3OS. The number of thiophene rings is 1. The van der Waals surface area contributed by atoms with Crippen molar-refractivity contribution in [2.45, 2.75) is 13.0 Å². The molecule has 1 amide bonds. The zero-order valence-electron chi connectivity index (χ0n) is 10.9. The Hall–Kier alpha value is -2.16. The summed E-state index contributed by atoms with van der Waals surface area (Å²) >= 11 is 1.56. The van der Waals surface area contributed by atoms with Gasteiger partial charge in [-0.3, -0.25) is 9.78 Å². The van der Waals surface area contributed by atoms with Gasteiger partial charge in [0, 0.05) is 17.3 Å². The van der Waals surface area contributed by atoms with E-state index in [0.717, 1.165) is 15.3 Å². The van der Waals surface area contributed by atoms with Gasteiger partial charge in [-0.25, -0.2) is 0 Å². The maximum atomic E-state index is 11.8. The fraction of sp³-hybridized carbons (Fsp3) is 0.200. The van der Waals surface area contributed by atoms with Gasteiger partial charge in [0.2, 0.25) is 5.91 Å². The van der Waals surface area contributed by atoms with E-state index in [4.69, 9.17) is 5.73 Å². The summed E-state index contributed by atoms with van der Waals surface area (Å²) < 4.78 is 0. The lowest BCUT2D eigenvalue weighted by molar-refractivity contribution is -0.120. The van der Waals surface area contributed by atoms with Gasteiger partial charge in [0.1, 0.15) is 0 Å². The van der Waals surface area contributed by atoms with Crippen LogP contribution < -0.4 is 11.1 Å². The van der Waals surface area contributed by atoms with Crippen LogP contribution in [0.1, 0.15) is 15.3 Å². The number of rotatable bonds is 4. The summed E-state index contributed by atoms with van der Waals surface area (Å²) in [6.45, 7) is 0.878. The largest absolute Gasteiger partial charge is 0.351 e. The number of nitrogens with one attached hydrogen (secondary N) is 1. The average Bonchev–Trinajstić information content (AvgIpc) is 2.92. The van der Waals surface area contributed by atoms with Gasteiger partial charge >= 0.3 is 0 Å². The van der Waals surface area contributed by atoms with Crippen molar-refractivity contribution in [1.29, 1.82) is 0 Å².